The molecule has 0 radical (unpaired) electrons. The van der Waals surface area contributed by atoms with Gasteiger partial charge in [-0.25, -0.2) is 4.98 Å². The Kier molecular flexibility index (Phi) is 2.99. The summed E-state index contributed by atoms with van der Waals surface area (Å²) in [4.78, 5) is 16.0. The average molecular weight is 221 g/mol. The molecule has 0 bridgehead atoms. The molecule has 1 aromatic rings. The molecule has 4 nitrogen and oxygen atoms in total. The highest BCUT2D eigenvalue weighted by atomic mass is 16.1. The van der Waals surface area contributed by atoms with Crippen LogP contribution in [0.25, 0.3) is 0 Å². The maximum Gasteiger partial charge on any atom is 0.293 e. The monoisotopic (exact) mass is 221 g/mol. The van der Waals surface area contributed by atoms with Crippen molar-refractivity contribution >= 4 is 5.82 Å². The summed E-state index contributed by atoms with van der Waals surface area (Å²) in [5.74, 6) is 0.490. The van der Waals surface area contributed by atoms with Crippen molar-refractivity contribution in [2.45, 2.75) is 39.7 Å². The zero-order chi connectivity index (χ0) is 11.6. The largest absolute Gasteiger partial charge is 0.365 e. The van der Waals surface area contributed by atoms with Crippen molar-refractivity contribution in [2.75, 3.05) is 11.9 Å². The van der Waals surface area contributed by atoms with Gasteiger partial charge in [0.2, 0.25) is 0 Å². The Balaban J connectivity index is 2.07. The molecular formula is C12H19N3O. The first-order valence-electron chi connectivity index (χ1n) is 6.00. The molecule has 0 saturated heterocycles. The van der Waals surface area contributed by atoms with Gasteiger partial charge in [-0.05, 0) is 31.6 Å². The van der Waals surface area contributed by atoms with Crippen LogP contribution in [0.5, 0.6) is 0 Å². The van der Waals surface area contributed by atoms with E-state index in [1.807, 2.05) is 6.92 Å². The Hall–Kier alpha value is -1.32. The van der Waals surface area contributed by atoms with E-state index in [0.717, 1.165) is 6.54 Å². The molecule has 1 aliphatic rings. The standard InChI is InChI=1S/C12H19N3O/c1-3-12(5-6-12)9-14-10-11(16)15(4-2)8-7-13-10/h7-8H,3-6,9H2,1-2H3,(H,13,14). The van der Waals surface area contributed by atoms with Crippen molar-refractivity contribution in [3.05, 3.63) is 22.7 Å². The van der Waals surface area contributed by atoms with Gasteiger partial charge in [0.15, 0.2) is 5.82 Å². The number of hydrogen-bond acceptors (Lipinski definition) is 3. The highest BCUT2D eigenvalue weighted by Gasteiger charge is 2.40. The molecule has 0 unspecified atom stereocenters. The van der Waals surface area contributed by atoms with E-state index in [1.54, 1.807) is 17.0 Å². The minimum atomic E-state index is -0.0168. The summed E-state index contributed by atoms with van der Waals surface area (Å²) in [6.07, 6.45) is 7.12. The Morgan fingerprint density at radius 3 is 2.81 bits per heavy atom. The Labute approximate surface area is 95.7 Å². The van der Waals surface area contributed by atoms with E-state index in [9.17, 15) is 4.79 Å². The molecule has 1 aliphatic carbocycles. The lowest BCUT2D eigenvalue weighted by Gasteiger charge is -2.13. The fourth-order valence-corrected chi connectivity index (χ4v) is 1.92. The van der Waals surface area contributed by atoms with Gasteiger partial charge in [-0.3, -0.25) is 4.79 Å². The molecule has 4 heteroatoms. The lowest BCUT2D eigenvalue weighted by molar-refractivity contribution is 0.520. The summed E-state index contributed by atoms with van der Waals surface area (Å²) < 4.78 is 1.67. The minimum Gasteiger partial charge on any atom is -0.365 e. The number of anilines is 1. The number of nitrogens with one attached hydrogen (secondary N) is 1. The fraction of sp³-hybridized carbons (Fsp3) is 0.667. The molecule has 0 spiro atoms. The summed E-state index contributed by atoms with van der Waals surface area (Å²) in [6, 6.07) is 0. The van der Waals surface area contributed by atoms with Gasteiger partial charge in [0.05, 0.1) is 0 Å². The van der Waals surface area contributed by atoms with Crippen LogP contribution in [0.1, 0.15) is 33.1 Å². The van der Waals surface area contributed by atoms with Crippen LogP contribution in [0, 0.1) is 5.41 Å². The van der Waals surface area contributed by atoms with Crippen molar-refractivity contribution in [1.29, 1.82) is 0 Å². The summed E-state index contributed by atoms with van der Waals surface area (Å²) in [7, 11) is 0. The van der Waals surface area contributed by atoms with E-state index in [1.165, 1.54) is 19.3 Å². The molecule has 88 valence electrons. The molecule has 2 rings (SSSR count). The molecule has 1 fully saturated rings. The van der Waals surface area contributed by atoms with Crippen molar-refractivity contribution in [3.63, 3.8) is 0 Å². The second-order valence-corrected chi connectivity index (χ2v) is 4.57. The SMILES string of the molecule is CCn1ccnc(NCC2(CC)CC2)c1=O. The second-order valence-electron chi connectivity index (χ2n) is 4.57. The molecule has 0 aromatic carbocycles. The van der Waals surface area contributed by atoms with Crippen molar-refractivity contribution in [2.24, 2.45) is 5.41 Å². The summed E-state index contributed by atoms with van der Waals surface area (Å²) in [5, 5.41) is 3.20. The molecular weight excluding hydrogens is 202 g/mol. The number of hydrogen-bond donors (Lipinski definition) is 1. The highest BCUT2D eigenvalue weighted by molar-refractivity contribution is 5.31. The number of aromatic nitrogens is 2. The molecule has 16 heavy (non-hydrogen) atoms. The maximum atomic E-state index is 11.9. The van der Waals surface area contributed by atoms with Crippen molar-refractivity contribution in [1.82, 2.24) is 9.55 Å². The maximum absolute atomic E-state index is 11.9. The summed E-state index contributed by atoms with van der Waals surface area (Å²) in [5.41, 5.74) is 0.415. The quantitative estimate of drug-likeness (QED) is 0.825. The topological polar surface area (TPSA) is 46.9 Å². The van der Waals surface area contributed by atoms with Crippen molar-refractivity contribution in [3.8, 4) is 0 Å². The third-order valence-electron chi connectivity index (χ3n) is 3.59. The summed E-state index contributed by atoms with van der Waals surface area (Å²) >= 11 is 0. The number of rotatable bonds is 5. The molecule has 0 atom stereocenters. The zero-order valence-corrected chi connectivity index (χ0v) is 9.99. The molecule has 0 aliphatic heterocycles. The first-order valence-corrected chi connectivity index (χ1v) is 6.00. The Morgan fingerprint density at radius 2 is 2.25 bits per heavy atom. The van der Waals surface area contributed by atoms with Crippen LogP contribution in [-0.4, -0.2) is 16.1 Å². The van der Waals surface area contributed by atoms with E-state index in [-0.39, 0.29) is 5.56 Å². The van der Waals surface area contributed by atoms with Gasteiger partial charge >= 0.3 is 0 Å². The van der Waals surface area contributed by atoms with E-state index < -0.39 is 0 Å². The van der Waals surface area contributed by atoms with Crippen LogP contribution < -0.4 is 10.9 Å². The minimum absolute atomic E-state index is 0.0168. The zero-order valence-electron chi connectivity index (χ0n) is 9.99. The average Bonchev–Trinajstić information content (AvgIpc) is 3.08. The Morgan fingerprint density at radius 1 is 1.50 bits per heavy atom. The van der Waals surface area contributed by atoms with Crippen LogP contribution in [0.4, 0.5) is 5.82 Å². The number of aryl methyl sites for hydroxylation is 1. The first-order chi connectivity index (χ1) is 7.71. The lowest BCUT2D eigenvalue weighted by Crippen LogP contribution is -2.26. The van der Waals surface area contributed by atoms with Gasteiger partial charge in [0.25, 0.3) is 5.56 Å². The van der Waals surface area contributed by atoms with Crippen molar-refractivity contribution < 1.29 is 0 Å². The van der Waals surface area contributed by atoms with E-state index in [0.29, 0.717) is 17.8 Å². The van der Waals surface area contributed by atoms with E-state index >= 15 is 0 Å². The highest BCUT2D eigenvalue weighted by Crippen LogP contribution is 2.48. The first kappa shape index (κ1) is 11.2. The molecule has 1 N–H and O–H groups in total. The third kappa shape index (κ3) is 2.10. The van der Waals surface area contributed by atoms with Crippen LogP contribution in [-0.2, 0) is 6.54 Å². The van der Waals surface area contributed by atoms with Gasteiger partial charge < -0.3 is 9.88 Å². The molecule has 0 amide bonds. The van der Waals surface area contributed by atoms with Crippen LogP contribution in [0.15, 0.2) is 17.2 Å². The van der Waals surface area contributed by atoms with Crippen LogP contribution in [0.2, 0.25) is 0 Å². The van der Waals surface area contributed by atoms with Gasteiger partial charge in [-0.1, -0.05) is 6.92 Å². The van der Waals surface area contributed by atoms with Crippen LogP contribution in [0.3, 0.4) is 0 Å². The second kappa shape index (κ2) is 4.28. The fourth-order valence-electron chi connectivity index (χ4n) is 1.92. The van der Waals surface area contributed by atoms with Gasteiger partial charge in [0.1, 0.15) is 0 Å². The molecule has 1 saturated carbocycles. The van der Waals surface area contributed by atoms with Gasteiger partial charge in [0, 0.05) is 25.5 Å². The summed E-state index contributed by atoms with van der Waals surface area (Å²) in [6.45, 7) is 5.73. The Bertz CT molecular complexity index is 421. The molecule has 1 heterocycles. The normalized spacial score (nSPS) is 17.1. The lowest BCUT2D eigenvalue weighted by atomic mass is 10.0. The van der Waals surface area contributed by atoms with Gasteiger partial charge in [-0.15, -0.1) is 0 Å². The van der Waals surface area contributed by atoms with E-state index in [4.69, 9.17) is 0 Å². The predicted octanol–water partition coefficient (Wildman–Crippen LogP) is 1.87. The van der Waals surface area contributed by atoms with E-state index in [2.05, 4.69) is 17.2 Å². The molecule has 1 aromatic heterocycles. The predicted molar refractivity (Wildman–Crippen MR) is 64.6 cm³/mol. The third-order valence-corrected chi connectivity index (χ3v) is 3.59. The van der Waals surface area contributed by atoms with Gasteiger partial charge in [-0.2, -0.15) is 0 Å². The number of nitrogens with zero attached hydrogens (tertiary/aromatic N) is 2. The van der Waals surface area contributed by atoms with Crippen LogP contribution >= 0.6 is 0 Å². The smallest absolute Gasteiger partial charge is 0.293 e.